The fourth-order valence-electron chi connectivity index (χ4n) is 1.76. The van der Waals surface area contributed by atoms with E-state index in [0.717, 1.165) is 32.6 Å². The summed E-state index contributed by atoms with van der Waals surface area (Å²) < 4.78 is 2.09. The maximum absolute atomic E-state index is 7.40. The average molecular weight is 237 g/mol. The Kier molecular flexibility index (Phi) is 5.69. The Balaban J connectivity index is 2.25. The summed E-state index contributed by atoms with van der Waals surface area (Å²) in [7, 11) is 0. The molecule has 1 unspecified atom stereocenters. The number of amidine groups is 1. The van der Waals surface area contributed by atoms with Gasteiger partial charge in [0.1, 0.15) is 0 Å². The van der Waals surface area contributed by atoms with Gasteiger partial charge in [0.2, 0.25) is 0 Å². The van der Waals surface area contributed by atoms with Crippen LogP contribution in [0.15, 0.2) is 18.7 Å². The minimum Gasteiger partial charge on any atom is -0.387 e. The molecule has 0 aromatic carbocycles. The third-order valence-corrected chi connectivity index (χ3v) is 2.96. The van der Waals surface area contributed by atoms with Crippen LogP contribution in [0.5, 0.6) is 0 Å². The molecule has 1 aromatic rings. The van der Waals surface area contributed by atoms with Gasteiger partial charge >= 0.3 is 0 Å². The Bertz CT molecular complexity index is 320. The second-order valence-corrected chi connectivity index (χ2v) is 4.40. The van der Waals surface area contributed by atoms with E-state index in [1.165, 1.54) is 0 Å². The number of nitrogens with one attached hydrogen (secondary N) is 1. The van der Waals surface area contributed by atoms with Crippen molar-refractivity contribution >= 4 is 5.84 Å². The zero-order valence-corrected chi connectivity index (χ0v) is 10.8. The fourth-order valence-corrected chi connectivity index (χ4v) is 1.76. The van der Waals surface area contributed by atoms with E-state index < -0.39 is 0 Å². The van der Waals surface area contributed by atoms with Gasteiger partial charge in [-0.25, -0.2) is 4.98 Å². The lowest BCUT2D eigenvalue weighted by atomic mass is 10.1. The Labute approximate surface area is 103 Å². The first-order valence-corrected chi connectivity index (χ1v) is 6.15. The van der Waals surface area contributed by atoms with E-state index in [-0.39, 0.29) is 11.8 Å². The summed E-state index contributed by atoms with van der Waals surface area (Å²) >= 11 is 0. The van der Waals surface area contributed by atoms with Gasteiger partial charge in [0.15, 0.2) is 0 Å². The Morgan fingerprint density at radius 2 is 2.35 bits per heavy atom. The number of nitrogens with zero attached hydrogens (tertiary/aromatic N) is 3. The van der Waals surface area contributed by atoms with Crippen molar-refractivity contribution in [2.45, 2.75) is 26.8 Å². The lowest BCUT2D eigenvalue weighted by Gasteiger charge is -2.23. The molecule has 17 heavy (non-hydrogen) atoms. The molecule has 0 saturated heterocycles. The number of aromatic nitrogens is 2. The highest BCUT2D eigenvalue weighted by Gasteiger charge is 2.10. The van der Waals surface area contributed by atoms with Crippen molar-refractivity contribution in [2.75, 3.05) is 19.6 Å². The van der Waals surface area contributed by atoms with Crippen LogP contribution in [0.1, 0.15) is 20.3 Å². The molecule has 0 aliphatic heterocycles. The van der Waals surface area contributed by atoms with Crippen LogP contribution in [-0.2, 0) is 6.54 Å². The minimum atomic E-state index is 0.142. The quantitative estimate of drug-likeness (QED) is 0.526. The fraction of sp³-hybridized carbons (Fsp3) is 0.667. The summed E-state index contributed by atoms with van der Waals surface area (Å²) in [6.45, 7) is 8.04. The average Bonchev–Trinajstić information content (AvgIpc) is 2.80. The second-order valence-electron chi connectivity index (χ2n) is 4.40. The van der Waals surface area contributed by atoms with Gasteiger partial charge in [-0.15, -0.1) is 0 Å². The molecule has 0 bridgehead atoms. The van der Waals surface area contributed by atoms with Crippen molar-refractivity contribution in [3.05, 3.63) is 18.7 Å². The largest absolute Gasteiger partial charge is 0.387 e. The van der Waals surface area contributed by atoms with E-state index in [4.69, 9.17) is 11.1 Å². The molecule has 1 atom stereocenters. The number of hydrogen-bond donors (Lipinski definition) is 2. The zero-order valence-electron chi connectivity index (χ0n) is 10.8. The monoisotopic (exact) mass is 237 g/mol. The van der Waals surface area contributed by atoms with Crippen molar-refractivity contribution in [1.29, 1.82) is 5.41 Å². The molecule has 1 rings (SSSR count). The zero-order chi connectivity index (χ0) is 12.7. The van der Waals surface area contributed by atoms with E-state index in [9.17, 15) is 0 Å². The normalized spacial score (nSPS) is 12.9. The summed E-state index contributed by atoms with van der Waals surface area (Å²) in [5.74, 6) is 0.418. The van der Waals surface area contributed by atoms with Gasteiger partial charge in [0.05, 0.1) is 12.2 Å². The Hall–Kier alpha value is -1.36. The molecule has 0 spiro atoms. The summed E-state index contributed by atoms with van der Waals surface area (Å²) in [5, 5.41) is 7.40. The number of imidazole rings is 1. The number of rotatable bonds is 8. The molecule has 0 aliphatic rings. The number of hydrogen-bond acceptors (Lipinski definition) is 3. The van der Waals surface area contributed by atoms with Crippen LogP contribution in [0.4, 0.5) is 0 Å². The molecule has 5 heteroatoms. The van der Waals surface area contributed by atoms with Gasteiger partial charge in [-0.05, 0) is 19.5 Å². The van der Waals surface area contributed by atoms with Gasteiger partial charge in [-0.1, -0.05) is 13.8 Å². The molecule has 0 radical (unpaired) electrons. The van der Waals surface area contributed by atoms with Gasteiger partial charge < -0.3 is 15.2 Å². The Morgan fingerprint density at radius 3 is 2.88 bits per heavy atom. The SMILES string of the molecule is CCN(CCCn1ccnc1)CC(C)C(=N)N. The van der Waals surface area contributed by atoms with Crippen LogP contribution in [0.2, 0.25) is 0 Å². The van der Waals surface area contributed by atoms with Crippen LogP contribution in [0.25, 0.3) is 0 Å². The van der Waals surface area contributed by atoms with Crippen LogP contribution in [0, 0.1) is 11.3 Å². The molecular formula is C12H23N5. The van der Waals surface area contributed by atoms with E-state index in [1.54, 1.807) is 6.20 Å². The second kappa shape index (κ2) is 7.06. The van der Waals surface area contributed by atoms with Gasteiger partial charge in [-0.3, -0.25) is 5.41 Å². The molecule has 96 valence electrons. The summed E-state index contributed by atoms with van der Waals surface area (Å²) in [4.78, 5) is 6.35. The van der Waals surface area contributed by atoms with Crippen molar-refractivity contribution in [2.24, 2.45) is 11.7 Å². The first-order valence-electron chi connectivity index (χ1n) is 6.15. The molecule has 0 fully saturated rings. The third-order valence-electron chi connectivity index (χ3n) is 2.96. The minimum absolute atomic E-state index is 0.142. The first kappa shape index (κ1) is 13.7. The predicted molar refractivity (Wildman–Crippen MR) is 70.0 cm³/mol. The molecule has 0 saturated carbocycles. The molecular weight excluding hydrogens is 214 g/mol. The smallest absolute Gasteiger partial charge is 0.0947 e. The highest BCUT2D eigenvalue weighted by Crippen LogP contribution is 2.01. The highest BCUT2D eigenvalue weighted by atomic mass is 15.1. The molecule has 1 heterocycles. The van der Waals surface area contributed by atoms with Crippen molar-refractivity contribution < 1.29 is 0 Å². The van der Waals surface area contributed by atoms with Crippen molar-refractivity contribution in [3.63, 3.8) is 0 Å². The standard InChI is InChI=1S/C12H23N5/c1-3-16(9-11(2)12(13)14)6-4-7-17-8-5-15-10-17/h5,8,10-11H,3-4,6-7,9H2,1-2H3,(H3,13,14). The van der Waals surface area contributed by atoms with E-state index in [2.05, 4.69) is 21.4 Å². The topological polar surface area (TPSA) is 70.9 Å². The molecule has 1 aromatic heterocycles. The number of nitrogens with two attached hydrogens (primary N) is 1. The number of aryl methyl sites for hydroxylation is 1. The molecule has 0 amide bonds. The summed E-state index contributed by atoms with van der Waals surface area (Å²) in [6.07, 6.45) is 6.72. The van der Waals surface area contributed by atoms with E-state index in [0.29, 0.717) is 0 Å². The van der Waals surface area contributed by atoms with Crippen molar-refractivity contribution in [3.8, 4) is 0 Å². The molecule has 3 N–H and O–H groups in total. The van der Waals surface area contributed by atoms with Crippen LogP contribution >= 0.6 is 0 Å². The Morgan fingerprint density at radius 1 is 1.59 bits per heavy atom. The summed E-state index contributed by atoms with van der Waals surface area (Å²) in [5.41, 5.74) is 5.49. The van der Waals surface area contributed by atoms with E-state index >= 15 is 0 Å². The van der Waals surface area contributed by atoms with Crippen LogP contribution in [0.3, 0.4) is 0 Å². The lowest BCUT2D eigenvalue weighted by molar-refractivity contribution is 0.263. The lowest BCUT2D eigenvalue weighted by Crippen LogP contribution is -2.35. The highest BCUT2D eigenvalue weighted by molar-refractivity contribution is 5.79. The van der Waals surface area contributed by atoms with Crippen LogP contribution < -0.4 is 5.73 Å². The van der Waals surface area contributed by atoms with Gasteiger partial charge in [0.25, 0.3) is 0 Å². The summed E-state index contributed by atoms with van der Waals surface area (Å²) in [6, 6.07) is 0. The first-order chi connectivity index (χ1) is 8.13. The predicted octanol–water partition coefficient (Wildman–Crippen LogP) is 1.17. The molecule has 5 nitrogen and oxygen atoms in total. The van der Waals surface area contributed by atoms with Crippen LogP contribution in [-0.4, -0.2) is 39.9 Å². The van der Waals surface area contributed by atoms with E-state index in [1.807, 2.05) is 19.4 Å². The molecule has 0 aliphatic carbocycles. The van der Waals surface area contributed by atoms with Gasteiger partial charge in [-0.2, -0.15) is 0 Å². The van der Waals surface area contributed by atoms with Gasteiger partial charge in [0, 0.05) is 31.4 Å². The third kappa shape index (κ3) is 4.99. The van der Waals surface area contributed by atoms with Crippen molar-refractivity contribution in [1.82, 2.24) is 14.5 Å². The maximum Gasteiger partial charge on any atom is 0.0947 e. The maximum atomic E-state index is 7.40.